The molecule has 16 heavy (non-hydrogen) atoms. The van der Waals surface area contributed by atoms with Crippen molar-refractivity contribution < 1.29 is 4.79 Å². The van der Waals surface area contributed by atoms with E-state index in [0.29, 0.717) is 23.4 Å². The number of aromatic nitrogens is 3. The molecule has 2 heterocycles. The highest BCUT2D eigenvalue weighted by Gasteiger charge is 2.03. The van der Waals surface area contributed by atoms with Gasteiger partial charge in [0.25, 0.3) is 0 Å². The lowest BCUT2D eigenvalue weighted by Crippen LogP contribution is -1.96. The number of pyridine rings is 1. The summed E-state index contributed by atoms with van der Waals surface area (Å²) in [6, 6.07) is 3.82. The molecular formula is C11H8N4O. The van der Waals surface area contributed by atoms with Crippen molar-refractivity contribution in [3.63, 3.8) is 0 Å². The van der Waals surface area contributed by atoms with Crippen LogP contribution in [0.3, 0.4) is 0 Å². The van der Waals surface area contributed by atoms with Crippen LogP contribution >= 0.6 is 0 Å². The number of carbonyl (C=O) groups excluding carboxylic acids is 1. The highest BCUT2D eigenvalue weighted by molar-refractivity contribution is 5.71. The van der Waals surface area contributed by atoms with Crippen LogP contribution in [0.15, 0.2) is 24.8 Å². The molecule has 0 aliphatic heterocycles. The van der Waals surface area contributed by atoms with Crippen molar-refractivity contribution in [1.82, 2.24) is 14.5 Å². The molecule has 2 rings (SSSR count). The first-order valence-corrected chi connectivity index (χ1v) is 4.61. The zero-order chi connectivity index (χ0) is 11.5. The fourth-order valence-corrected chi connectivity index (χ4v) is 1.32. The van der Waals surface area contributed by atoms with Gasteiger partial charge in [-0.15, -0.1) is 0 Å². The van der Waals surface area contributed by atoms with E-state index in [9.17, 15) is 4.79 Å². The molecule has 0 fully saturated rings. The predicted molar refractivity (Wildman–Crippen MR) is 56.2 cm³/mol. The van der Waals surface area contributed by atoms with Gasteiger partial charge in [-0.25, -0.2) is 9.97 Å². The summed E-state index contributed by atoms with van der Waals surface area (Å²) >= 11 is 0. The maximum Gasteiger partial charge on any atom is 0.170 e. The molecule has 0 aliphatic carbocycles. The Labute approximate surface area is 92.0 Å². The van der Waals surface area contributed by atoms with E-state index in [1.165, 1.54) is 12.5 Å². The minimum atomic E-state index is 0.351. The van der Waals surface area contributed by atoms with Gasteiger partial charge in [-0.2, -0.15) is 5.26 Å². The number of imidazole rings is 1. The molecule has 0 amide bonds. The van der Waals surface area contributed by atoms with Crippen LogP contribution in [0.4, 0.5) is 0 Å². The third-order valence-corrected chi connectivity index (χ3v) is 2.20. The SMILES string of the molecule is Cc1cc(-n2cnc(C=O)c2)ncc1C#N. The van der Waals surface area contributed by atoms with Crippen LogP contribution in [-0.4, -0.2) is 20.8 Å². The monoisotopic (exact) mass is 212 g/mol. The Morgan fingerprint density at radius 1 is 1.50 bits per heavy atom. The van der Waals surface area contributed by atoms with E-state index in [-0.39, 0.29) is 0 Å². The number of hydrogen-bond donors (Lipinski definition) is 0. The minimum Gasteiger partial charge on any atom is -0.296 e. The molecule has 0 saturated heterocycles. The number of nitrogens with zero attached hydrogens (tertiary/aromatic N) is 4. The first-order chi connectivity index (χ1) is 7.74. The Morgan fingerprint density at radius 2 is 2.31 bits per heavy atom. The van der Waals surface area contributed by atoms with Gasteiger partial charge in [0.1, 0.15) is 23.9 Å². The normalized spacial score (nSPS) is 9.75. The van der Waals surface area contributed by atoms with Crippen LogP contribution in [0.5, 0.6) is 0 Å². The molecule has 0 aliphatic rings. The predicted octanol–water partition coefficient (Wildman–Crippen LogP) is 1.26. The zero-order valence-corrected chi connectivity index (χ0v) is 8.58. The highest BCUT2D eigenvalue weighted by atomic mass is 16.1. The third-order valence-electron chi connectivity index (χ3n) is 2.20. The van der Waals surface area contributed by atoms with Gasteiger partial charge in [-0.1, -0.05) is 0 Å². The van der Waals surface area contributed by atoms with Crippen LogP contribution < -0.4 is 0 Å². The molecule has 0 N–H and O–H groups in total. The van der Waals surface area contributed by atoms with Crippen LogP contribution in [0.25, 0.3) is 5.82 Å². The Morgan fingerprint density at radius 3 is 2.88 bits per heavy atom. The van der Waals surface area contributed by atoms with Gasteiger partial charge in [0.2, 0.25) is 0 Å². The lowest BCUT2D eigenvalue weighted by molar-refractivity contribution is 0.111. The number of hydrogen-bond acceptors (Lipinski definition) is 4. The van der Waals surface area contributed by atoms with E-state index in [1.54, 1.807) is 16.8 Å². The summed E-state index contributed by atoms with van der Waals surface area (Å²) in [5, 5.41) is 8.77. The summed E-state index contributed by atoms with van der Waals surface area (Å²) in [6.07, 6.45) is 5.27. The summed E-state index contributed by atoms with van der Waals surface area (Å²) in [6.45, 7) is 1.83. The average Bonchev–Trinajstić information content (AvgIpc) is 2.77. The second-order valence-electron chi connectivity index (χ2n) is 3.29. The molecule has 5 nitrogen and oxygen atoms in total. The summed E-state index contributed by atoms with van der Waals surface area (Å²) < 4.78 is 1.64. The highest BCUT2D eigenvalue weighted by Crippen LogP contribution is 2.10. The van der Waals surface area contributed by atoms with Crippen molar-refractivity contribution in [1.29, 1.82) is 5.26 Å². The van der Waals surface area contributed by atoms with Crippen LogP contribution in [-0.2, 0) is 0 Å². The van der Waals surface area contributed by atoms with Gasteiger partial charge < -0.3 is 0 Å². The first-order valence-electron chi connectivity index (χ1n) is 4.61. The van der Waals surface area contributed by atoms with Crippen LogP contribution in [0, 0.1) is 18.3 Å². The van der Waals surface area contributed by atoms with Crippen molar-refractivity contribution in [2.45, 2.75) is 6.92 Å². The van der Waals surface area contributed by atoms with Crippen molar-refractivity contribution >= 4 is 6.29 Å². The summed E-state index contributed by atoms with van der Waals surface area (Å²) in [4.78, 5) is 18.5. The average molecular weight is 212 g/mol. The smallest absolute Gasteiger partial charge is 0.170 e. The topological polar surface area (TPSA) is 71.6 Å². The molecule has 0 atom stereocenters. The Kier molecular flexibility index (Phi) is 2.48. The summed E-state index contributed by atoms with van der Waals surface area (Å²) in [5.74, 6) is 0.636. The van der Waals surface area contributed by atoms with Crippen LogP contribution in [0.2, 0.25) is 0 Å². The van der Waals surface area contributed by atoms with Gasteiger partial charge >= 0.3 is 0 Å². The number of aryl methyl sites for hydroxylation is 1. The van der Waals surface area contributed by atoms with Gasteiger partial charge in [0, 0.05) is 12.4 Å². The molecule has 0 aromatic carbocycles. The fraction of sp³-hybridized carbons (Fsp3) is 0.0909. The van der Waals surface area contributed by atoms with E-state index in [0.717, 1.165) is 5.56 Å². The second kappa shape index (κ2) is 3.95. The standard InChI is InChI=1S/C11H8N4O/c1-8-2-11(13-4-9(8)3-12)15-5-10(6-16)14-7-15/h2,4-7H,1H3. The van der Waals surface area contributed by atoms with Gasteiger partial charge in [0.15, 0.2) is 6.29 Å². The molecule has 0 spiro atoms. The molecule has 0 saturated carbocycles. The van der Waals surface area contributed by atoms with Crippen molar-refractivity contribution in [3.8, 4) is 11.9 Å². The maximum atomic E-state index is 10.5. The van der Waals surface area contributed by atoms with Gasteiger partial charge in [0.05, 0.1) is 5.56 Å². The van der Waals surface area contributed by atoms with E-state index in [1.807, 2.05) is 13.0 Å². The summed E-state index contributed by atoms with van der Waals surface area (Å²) in [5.41, 5.74) is 1.73. The van der Waals surface area contributed by atoms with E-state index in [4.69, 9.17) is 5.26 Å². The van der Waals surface area contributed by atoms with Crippen molar-refractivity contribution in [3.05, 3.63) is 41.6 Å². The second-order valence-corrected chi connectivity index (χ2v) is 3.29. The number of nitriles is 1. The maximum absolute atomic E-state index is 10.5. The van der Waals surface area contributed by atoms with E-state index in [2.05, 4.69) is 9.97 Å². The largest absolute Gasteiger partial charge is 0.296 e. The molecule has 0 unspecified atom stereocenters. The molecule has 2 aromatic heterocycles. The molecule has 78 valence electrons. The number of rotatable bonds is 2. The van der Waals surface area contributed by atoms with Gasteiger partial charge in [-0.3, -0.25) is 9.36 Å². The minimum absolute atomic E-state index is 0.351. The van der Waals surface area contributed by atoms with E-state index < -0.39 is 0 Å². The number of aldehydes is 1. The lowest BCUT2D eigenvalue weighted by atomic mass is 10.2. The third kappa shape index (κ3) is 1.68. The van der Waals surface area contributed by atoms with Gasteiger partial charge in [-0.05, 0) is 18.6 Å². The molecule has 0 radical (unpaired) electrons. The first kappa shape index (κ1) is 10.1. The Hall–Kier alpha value is -2.48. The zero-order valence-electron chi connectivity index (χ0n) is 8.58. The molecule has 0 bridgehead atoms. The Bertz CT molecular complexity index is 580. The van der Waals surface area contributed by atoms with Crippen molar-refractivity contribution in [2.75, 3.05) is 0 Å². The molecule has 5 heteroatoms. The van der Waals surface area contributed by atoms with Crippen molar-refractivity contribution in [2.24, 2.45) is 0 Å². The lowest BCUT2D eigenvalue weighted by Gasteiger charge is -2.02. The fourth-order valence-electron chi connectivity index (χ4n) is 1.32. The number of carbonyl (C=O) groups is 1. The quantitative estimate of drug-likeness (QED) is 0.702. The van der Waals surface area contributed by atoms with E-state index >= 15 is 0 Å². The van der Waals surface area contributed by atoms with Crippen LogP contribution in [0.1, 0.15) is 21.6 Å². The Balaban J connectivity index is 2.45. The summed E-state index contributed by atoms with van der Waals surface area (Å²) in [7, 11) is 0. The molecule has 2 aromatic rings. The molecular weight excluding hydrogens is 204 g/mol.